The Balaban J connectivity index is 3.46. The Labute approximate surface area is 77.9 Å². The molecule has 1 heteroatoms. The second-order valence-electron chi connectivity index (χ2n) is 4.35. The third kappa shape index (κ3) is 6.66. The smallest absolute Gasteiger partial charge is 0.00436 e. The third-order valence-corrected chi connectivity index (χ3v) is 2.16. The second-order valence-corrected chi connectivity index (χ2v) is 4.35. The van der Waals surface area contributed by atoms with E-state index < -0.39 is 0 Å². The quantitative estimate of drug-likeness (QED) is 0.647. The van der Waals surface area contributed by atoms with E-state index in [9.17, 15) is 0 Å². The van der Waals surface area contributed by atoms with Crippen molar-refractivity contribution in [3.05, 3.63) is 0 Å². The summed E-state index contributed by atoms with van der Waals surface area (Å²) in [6.07, 6.45) is 3.99. The van der Waals surface area contributed by atoms with Crippen LogP contribution in [0.5, 0.6) is 0 Å². The van der Waals surface area contributed by atoms with E-state index in [2.05, 4.69) is 39.9 Å². The molecule has 0 aliphatic rings. The van der Waals surface area contributed by atoms with Gasteiger partial charge < -0.3 is 5.32 Å². The molecular weight excluding hydrogens is 146 g/mol. The molecule has 0 spiro atoms. The molecule has 0 saturated heterocycles. The van der Waals surface area contributed by atoms with Crippen LogP contribution in [0.25, 0.3) is 0 Å². The third-order valence-electron chi connectivity index (χ3n) is 2.16. The van der Waals surface area contributed by atoms with Crippen molar-refractivity contribution >= 4 is 0 Å². The Hall–Kier alpha value is -0.0400. The molecule has 0 aliphatic carbocycles. The average Bonchev–Trinajstić information content (AvgIpc) is 1.84. The maximum atomic E-state index is 3.53. The molecule has 74 valence electrons. The van der Waals surface area contributed by atoms with Crippen molar-refractivity contribution in [3.8, 4) is 0 Å². The van der Waals surface area contributed by atoms with E-state index in [1.54, 1.807) is 0 Å². The van der Waals surface area contributed by atoms with Gasteiger partial charge in [-0.25, -0.2) is 0 Å². The van der Waals surface area contributed by atoms with Crippen LogP contribution in [0.2, 0.25) is 0 Å². The number of hydrogen-bond acceptors (Lipinski definition) is 1. The zero-order valence-electron chi connectivity index (χ0n) is 9.35. The number of hydrogen-bond donors (Lipinski definition) is 1. The second kappa shape index (κ2) is 6.47. The summed E-state index contributed by atoms with van der Waals surface area (Å²) in [6.45, 7) is 11.3. The Morgan fingerprint density at radius 1 is 1.08 bits per heavy atom. The summed E-state index contributed by atoms with van der Waals surface area (Å²) < 4.78 is 0. The van der Waals surface area contributed by atoms with Crippen LogP contribution in [-0.4, -0.2) is 12.1 Å². The van der Waals surface area contributed by atoms with Gasteiger partial charge in [0.25, 0.3) is 0 Å². The van der Waals surface area contributed by atoms with E-state index in [0.717, 1.165) is 5.92 Å². The zero-order valence-corrected chi connectivity index (χ0v) is 9.35. The molecule has 0 bridgehead atoms. The molecule has 0 aromatic carbocycles. The van der Waals surface area contributed by atoms with Crippen molar-refractivity contribution in [2.24, 2.45) is 5.92 Å². The summed E-state index contributed by atoms with van der Waals surface area (Å²) in [4.78, 5) is 0. The summed E-state index contributed by atoms with van der Waals surface area (Å²) in [5, 5.41) is 3.53. The van der Waals surface area contributed by atoms with Crippen molar-refractivity contribution in [2.45, 2.75) is 66.0 Å². The van der Waals surface area contributed by atoms with Gasteiger partial charge in [0.1, 0.15) is 0 Å². The first-order chi connectivity index (χ1) is 5.56. The van der Waals surface area contributed by atoms with E-state index in [4.69, 9.17) is 0 Å². The molecule has 0 aliphatic heterocycles. The fraction of sp³-hybridized carbons (Fsp3) is 1.00. The fourth-order valence-corrected chi connectivity index (χ4v) is 1.85. The van der Waals surface area contributed by atoms with Gasteiger partial charge in [0.05, 0.1) is 0 Å². The van der Waals surface area contributed by atoms with Crippen molar-refractivity contribution in [2.75, 3.05) is 0 Å². The van der Waals surface area contributed by atoms with Gasteiger partial charge in [-0.05, 0) is 19.3 Å². The lowest BCUT2D eigenvalue weighted by Crippen LogP contribution is -2.33. The maximum absolute atomic E-state index is 3.53. The Morgan fingerprint density at radius 2 is 1.67 bits per heavy atom. The molecule has 1 nitrogen and oxygen atoms in total. The Morgan fingerprint density at radius 3 is 2.08 bits per heavy atom. The summed E-state index contributed by atoms with van der Waals surface area (Å²) in [5.74, 6) is 0.872. The molecule has 0 saturated carbocycles. The van der Waals surface area contributed by atoms with Crippen molar-refractivity contribution < 1.29 is 0 Å². The first kappa shape index (κ1) is 12.0. The van der Waals surface area contributed by atoms with E-state index in [-0.39, 0.29) is 0 Å². The average molecular weight is 171 g/mol. The minimum absolute atomic E-state index is 0.619. The highest BCUT2D eigenvalue weighted by Gasteiger charge is 2.08. The molecule has 0 aromatic rings. The van der Waals surface area contributed by atoms with Gasteiger partial charge in [-0.15, -0.1) is 0 Å². The first-order valence-corrected chi connectivity index (χ1v) is 5.32. The largest absolute Gasteiger partial charge is 0.312 e. The number of nitrogens with one attached hydrogen (secondary N) is 1. The van der Waals surface area contributed by atoms with E-state index in [1.807, 2.05) is 0 Å². The van der Waals surface area contributed by atoms with Gasteiger partial charge >= 0.3 is 0 Å². The topological polar surface area (TPSA) is 12.0 Å². The molecule has 0 amide bonds. The summed E-state index contributed by atoms with van der Waals surface area (Å²) >= 11 is 0. The van der Waals surface area contributed by atoms with E-state index >= 15 is 0 Å². The molecule has 12 heavy (non-hydrogen) atoms. The predicted octanol–water partition coefficient (Wildman–Crippen LogP) is 3.20. The monoisotopic (exact) mass is 171 g/mol. The molecule has 2 unspecified atom stereocenters. The minimum Gasteiger partial charge on any atom is -0.312 e. The van der Waals surface area contributed by atoms with Crippen molar-refractivity contribution in [1.29, 1.82) is 0 Å². The lowest BCUT2D eigenvalue weighted by atomic mass is 9.98. The van der Waals surface area contributed by atoms with Crippen LogP contribution in [0.1, 0.15) is 53.9 Å². The van der Waals surface area contributed by atoms with Gasteiger partial charge in [0.2, 0.25) is 0 Å². The van der Waals surface area contributed by atoms with Gasteiger partial charge in [0.15, 0.2) is 0 Å². The van der Waals surface area contributed by atoms with Crippen LogP contribution in [0.4, 0.5) is 0 Å². The normalized spacial score (nSPS) is 16.5. The fourth-order valence-electron chi connectivity index (χ4n) is 1.85. The Kier molecular flexibility index (Phi) is 6.45. The molecule has 0 radical (unpaired) electrons. The summed E-state index contributed by atoms with van der Waals surface area (Å²) in [5.41, 5.74) is 0. The molecule has 0 rings (SSSR count). The maximum Gasteiger partial charge on any atom is 0.00436 e. The predicted molar refractivity (Wildman–Crippen MR) is 56.4 cm³/mol. The first-order valence-electron chi connectivity index (χ1n) is 5.32. The lowest BCUT2D eigenvalue weighted by Gasteiger charge is -2.20. The number of rotatable bonds is 6. The van der Waals surface area contributed by atoms with Crippen LogP contribution >= 0.6 is 0 Å². The van der Waals surface area contributed by atoms with Crippen LogP contribution in [0.3, 0.4) is 0 Å². The van der Waals surface area contributed by atoms with Crippen LogP contribution in [0, 0.1) is 5.92 Å². The molecule has 0 aromatic heterocycles. The van der Waals surface area contributed by atoms with Crippen molar-refractivity contribution in [3.63, 3.8) is 0 Å². The van der Waals surface area contributed by atoms with E-state index in [1.165, 1.54) is 19.3 Å². The van der Waals surface area contributed by atoms with Crippen LogP contribution in [0.15, 0.2) is 0 Å². The minimum atomic E-state index is 0.619. The molecule has 2 atom stereocenters. The SMILES string of the molecule is CCCC(C)CC(C)NC(C)C. The Bertz CT molecular complexity index is 99.2. The van der Waals surface area contributed by atoms with Gasteiger partial charge in [0, 0.05) is 12.1 Å². The van der Waals surface area contributed by atoms with Gasteiger partial charge in [-0.1, -0.05) is 40.5 Å². The molecule has 0 fully saturated rings. The van der Waals surface area contributed by atoms with Gasteiger partial charge in [-0.2, -0.15) is 0 Å². The lowest BCUT2D eigenvalue weighted by molar-refractivity contribution is 0.380. The van der Waals surface area contributed by atoms with Crippen LogP contribution < -0.4 is 5.32 Å². The zero-order chi connectivity index (χ0) is 9.56. The molecule has 1 N–H and O–H groups in total. The highest BCUT2D eigenvalue weighted by atomic mass is 14.9. The van der Waals surface area contributed by atoms with Gasteiger partial charge in [-0.3, -0.25) is 0 Å². The summed E-state index contributed by atoms with van der Waals surface area (Å²) in [7, 11) is 0. The van der Waals surface area contributed by atoms with Crippen molar-refractivity contribution in [1.82, 2.24) is 5.32 Å². The standard InChI is InChI=1S/C11H25N/c1-6-7-10(4)8-11(5)12-9(2)3/h9-12H,6-8H2,1-5H3. The molecular formula is C11H25N. The van der Waals surface area contributed by atoms with E-state index in [0.29, 0.717) is 12.1 Å². The summed E-state index contributed by atoms with van der Waals surface area (Å²) in [6, 6.07) is 1.29. The van der Waals surface area contributed by atoms with Crippen LogP contribution in [-0.2, 0) is 0 Å². The highest BCUT2D eigenvalue weighted by molar-refractivity contribution is 4.67. The molecule has 0 heterocycles. The highest BCUT2D eigenvalue weighted by Crippen LogP contribution is 2.12.